The van der Waals surface area contributed by atoms with E-state index in [2.05, 4.69) is 45.4 Å². The smallest absolute Gasteiger partial charge is 0.0819 e. The molecule has 0 aromatic heterocycles. The van der Waals surface area contributed by atoms with Crippen LogP contribution in [0.25, 0.3) is 0 Å². The van der Waals surface area contributed by atoms with Crippen molar-refractivity contribution in [2.24, 2.45) is 0 Å². The maximum absolute atomic E-state index is 10.1. The van der Waals surface area contributed by atoms with Gasteiger partial charge in [0, 0.05) is 44.5 Å². The van der Waals surface area contributed by atoms with Gasteiger partial charge in [0.2, 0.25) is 0 Å². The Bertz CT molecular complexity index is 390. The molecule has 0 saturated carbocycles. The van der Waals surface area contributed by atoms with Crippen LogP contribution in [0.3, 0.4) is 0 Å². The van der Waals surface area contributed by atoms with E-state index in [0.29, 0.717) is 6.04 Å². The Hall–Kier alpha value is -1.10. The number of nitrogens with one attached hydrogen (secondary N) is 1. The summed E-state index contributed by atoms with van der Waals surface area (Å²) in [5.74, 6) is 0. The van der Waals surface area contributed by atoms with E-state index in [0.717, 1.165) is 45.7 Å². The van der Waals surface area contributed by atoms with Crippen molar-refractivity contribution in [3.8, 4) is 0 Å². The molecule has 104 valence electrons. The molecule has 0 amide bonds. The third-order valence-corrected chi connectivity index (χ3v) is 4.32. The minimum absolute atomic E-state index is 0.211. The number of nitrogens with zero attached hydrogens (tertiary/aromatic N) is 2. The minimum atomic E-state index is -0.211. The average molecular weight is 261 g/mol. The van der Waals surface area contributed by atoms with Crippen molar-refractivity contribution < 1.29 is 5.11 Å². The number of hydrogen-bond donors (Lipinski definition) is 2. The molecule has 0 bridgehead atoms. The molecule has 4 heteroatoms. The van der Waals surface area contributed by atoms with Crippen LogP contribution in [0.1, 0.15) is 6.42 Å². The van der Waals surface area contributed by atoms with Crippen LogP contribution in [0, 0.1) is 0 Å². The third kappa shape index (κ3) is 2.91. The molecule has 2 aliphatic heterocycles. The Morgan fingerprint density at radius 3 is 2.47 bits per heavy atom. The molecule has 4 nitrogen and oxygen atoms in total. The van der Waals surface area contributed by atoms with Crippen LogP contribution in [-0.2, 0) is 0 Å². The van der Waals surface area contributed by atoms with Gasteiger partial charge in [0.05, 0.1) is 6.10 Å². The van der Waals surface area contributed by atoms with Crippen molar-refractivity contribution in [3.63, 3.8) is 0 Å². The Labute approximate surface area is 115 Å². The van der Waals surface area contributed by atoms with Crippen LogP contribution >= 0.6 is 0 Å². The second-order valence-electron chi connectivity index (χ2n) is 5.49. The maximum atomic E-state index is 10.1. The molecular formula is C15H23N3O. The lowest BCUT2D eigenvalue weighted by atomic mass is 10.0. The van der Waals surface area contributed by atoms with Gasteiger partial charge in [-0.25, -0.2) is 0 Å². The van der Waals surface area contributed by atoms with Gasteiger partial charge in [0.15, 0.2) is 0 Å². The molecule has 2 aliphatic rings. The Morgan fingerprint density at radius 2 is 1.79 bits per heavy atom. The average Bonchev–Trinajstić information content (AvgIpc) is 2.49. The molecule has 2 N–H and O–H groups in total. The van der Waals surface area contributed by atoms with Crippen molar-refractivity contribution in [1.82, 2.24) is 10.2 Å². The fourth-order valence-corrected chi connectivity index (χ4v) is 3.20. The first kappa shape index (κ1) is 12.9. The number of piperazine rings is 1. The standard InChI is InChI=1S/C15H23N3O/c19-15-12-16-7-6-14(15)18-10-8-17(9-11-18)13-4-2-1-3-5-13/h1-5,14-16,19H,6-12H2. The molecule has 3 rings (SSSR count). The van der Waals surface area contributed by atoms with Gasteiger partial charge in [-0.15, -0.1) is 0 Å². The lowest BCUT2D eigenvalue weighted by molar-refractivity contribution is 0.0262. The number of aliphatic hydroxyl groups excluding tert-OH is 1. The number of para-hydroxylation sites is 1. The summed E-state index contributed by atoms with van der Waals surface area (Å²) in [6.45, 7) is 5.98. The summed E-state index contributed by atoms with van der Waals surface area (Å²) in [6.07, 6.45) is 0.851. The van der Waals surface area contributed by atoms with Crippen molar-refractivity contribution >= 4 is 5.69 Å². The lowest BCUT2D eigenvalue weighted by Crippen LogP contribution is -2.58. The molecule has 0 aliphatic carbocycles. The fourth-order valence-electron chi connectivity index (χ4n) is 3.20. The minimum Gasteiger partial charge on any atom is -0.390 e. The van der Waals surface area contributed by atoms with E-state index in [-0.39, 0.29) is 6.10 Å². The number of anilines is 1. The second kappa shape index (κ2) is 5.90. The number of aliphatic hydroxyl groups is 1. The van der Waals surface area contributed by atoms with Gasteiger partial charge in [-0.1, -0.05) is 18.2 Å². The quantitative estimate of drug-likeness (QED) is 0.815. The molecular weight excluding hydrogens is 238 g/mol. The molecule has 2 fully saturated rings. The molecule has 2 atom stereocenters. The molecule has 1 aromatic carbocycles. The van der Waals surface area contributed by atoms with Crippen LogP contribution < -0.4 is 10.2 Å². The first-order valence-electron chi connectivity index (χ1n) is 7.27. The molecule has 2 unspecified atom stereocenters. The largest absolute Gasteiger partial charge is 0.390 e. The number of piperidine rings is 1. The molecule has 0 spiro atoms. The van der Waals surface area contributed by atoms with Gasteiger partial charge in [0.1, 0.15) is 0 Å². The second-order valence-corrected chi connectivity index (χ2v) is 5.49. The summed E-state index contributed by atoms with van der Waals surface area (Å²) in [7, 11) is 0. The molecule has 1 aromatic rings. The van der Waals surface area contributed by atoms with Crippen LogP contribution in [0.5, 0.6) is 0 Å². The maximum Gasteiger partial charge on any atom is 0.0819 e. The van der Waals surface area contributed by atoms with Gasteiger partial charge < -0.3 is 15.3 Å². The Balaban J connectivity index is 1.57. The molecule has 19 heavy (non-hydrogen) atoms. The highest BCUT2D eigenvalue weighted by molar-refractivity contribution is 5.46. The van der Waals surface area contributed by atoms with Gasteiger partial charge in [-0.3, -0.25) is 4.90 Å². The lowest BCUT2D eigenvalue weighted by Gasteiger charge is -2.43. The highest BCUT2D eigenvalue weighted by Crippen LogP contribution is 2.19. The fraction of sp³-hybridized carbons (Fsp3) is 0.600. The monoisotopic (exact) mass is 261 g/mol. The molecule has 2 saturated heterocycles. The number of rotatable bonds is 2. The van der Waals surface area contributed by atoms with E-state index < -0.39 is 0 Å². The van der Waals surface area contributed by atoms with Crippen molar-refractivity contribution in [2.75, 3.05) is 44.2 Å². The Morgan fingerprint density at radius 1 is 1.05 bits per heavy atom. The predicted molar refractivity (Wildman–Crippen MR) is 77.5 cm³/mol. The summed E-state index contributed by atoms with van der Waals surface area (Å²) in [5.41, 5.74) is 1.31. The van der Waals surface area contributed by atoms with E-state index in [4.69, 9.17) is 0 Å². The van der Waals surface area contributed by atoms with Crippen molar-refractivity contribution in [2.45, 2.75) is 18.6 Å². The van der Waals surface area contributed by atoms with Gasteiger partial charge >= 0.3 is 0 Å². The van der Waals surface area contributed by atoms with Gasteiger partial charge in [-0.05, 0) is 25.1 Å². The van der Waals surface area contributed by atoms with Crippen LogP contribution in [0.2, 0.25) is 0 Å². The van der Waals surface area contributed by atoms with Crippen LogP contribution in [0.4, 0.5) is 5.69 Å². The van der Waals surface area contributed by atoms with E-state index in [1.165, 1.54) is 5.69 Å². The van der Waals surface area contributed by atoms with E-state index >= 15 is 0 Å². The zero-order valence-corrected chi connectivity index (χ0v) is 11.3. The van der Waals surface area contributed by atoms with E-state index in [1.54, 1.807) is 0 Å². The van der Waals surface area contributed by atoms with Gasteiger partial charge in [-0.2, -0.15) is 0 Å². The summed E-state index contributed by atoms with van der Waals surface area (Å²) in [5, 5.41) is 13.3. The number of hydrogen-bond acceptors (Lipinski definition) is 4. The number of benzene rings is 1. The van der Waals surface area contributed by atoms with Crippen molar-refractivity contribution in [1.29, 1.82) is 0 Å². The van der Waals surface area contributed by atoms with Crippen LogP contribution in [0.15, 0.2) is 30.3 Å². The summed E-state index contributed by atoms with van der Waals surface area (Å²) in [4.78, 5) is 4.90. The topological polar surface area (TPSA) is 38.7 Å². The number of β-amino-alcohol motifs (C(OH)–C–C–N with tert-alkyl or cyclic N) is 1. The molecule has 0 radical (unpaired) electrons. The van der Waals surface area contributed by atoms with E-state index in [9.17, 15) is 5.11 Å². The summed E-state index contributed by atoms with van der Waals surface area (Å²) in [6, 6.07) is 10.9. The Kier molecular flexibility index (Phi) is 4.01. The highest BCUT2D eigenvalue weighted by Gasteiger charge is 2.30. The van der Waals surface area contributed by atoms with Gasteiger partial charge in [0.25, 0.3) is 0 Å². The van der Waals surface area contributed by atoms with Crippen LogP contribution in [-0.4, -0.2) is 61.4 Å². The summed E-state index contributed by atoms with van der Waals surface area (Å²) >= 11 is 0. The third-order valence-electron chi connectivity index (χ3n) is 4.32. The SMILES string of the molecule is OC1CNCCC1N1CCN(c2ccccc2)CC1. The zero-order chi connectivity index (χ0) is 13.1. The highest BCUT2D eigenvalue weighted by atomic mass is 16.3. The molecule has 2 heterocycles. The normalized spacial score (nSPS) is 29.4. The summed E-state index contributed by atoms with van der Waals surface area (Å²) < 4.78 is 0. The van der Waals surface area contributed by atoms with Crippen molar-refractivity contribution in [3.05, 3.63) is 30.3 Å². The zero-order valence-electron chi connectivity index (χ0n) is 11.3. The van der Waals surface area contributed by atoms with E-state index in [1.807, 2.05) is 0 Å². The first-order valence-corrected chi connectivity index (χ1v) is 7.27. The first-order chi connectivity index (χ1) is 9.34. The predicted octanol–water partition coefficient (Wildman–Crippen LogP) is 0.531.